The van der Waals surface area contributed by atoms with E-state index in [1.54, 1.807) is 0 Å². The lowest BCUT2D eigenvalue weighted by Gasteiger charge is -2.11. The maximum atomic E-state index is 11.8. The Kier molecular flexibility index (Phi) is 5.40. The summed E-state index contributed by atoms with van der Waals surface area (Å²) < 4.78 is 0. The molecular weight excluding hydrogens is 254 g/mol. The lowest BCUT2D eigenvalue weighted by molar-refractivity contribution is -0.115. The van der Waals surface area contributed by atoms with Crippen LogP contribution >= 0.6 is 0 Å². The van der Waals surface area contributed by atoms with Gasteiger partial charge in [-0.25, -0.2) is 4.98 Å². The molecule has 1 fully saturated rings. The number of amides is 1. The van der Waals surface area contributed by atoms with E-state index in [0.717, 1.165) is 37.1 Å². The number of rotatable bonds is 6. The molecule has 1 aromatic heterocycles. The summed E-state index contributed by atoms with van der Waals surface area (Å²) in [7, 11) is 0. The second-order valence-corrected chi connectivity index (χ2v) is 5.15. The van der Waals surface area contributed by atoms with Crippen molar-refractivity contribution in [2.75, 3.05) is 11.9 Å². The molecule has 6 heteroatoms. The Morgan fingerprint density at radius 1 is 1.15 bits per heavy atom. The summed E-state index contributed by atoms with van der Waals surface area (Å²) in [5, 5.41) is 14.0. The van der Waals surface area contributed by atoms with Crippen molar-refractivity contribution in [2.45, 2.75) is 58.4 Å². The van der Waals surface area contributed by atoms with Gasteiger partial charge in [-0.15, -0.1) is 10.2 Å². The van der Waals surface area contributed by atoms with E-state index in [1.165, 1.54) is 12.8 Å². The number of hydrogen-bond donors (Lipinski definition) is 2. The number of nitrogens with one attached hydrogen (secondary N) is 2. The van der Waals surface area contributed by atoms with E-state index in [1.807, 2.05) is 13.8 Å². The number of hydrogen-bond acceptors (Lipinski definition) is 5. The zero-order chi connectivity index (χ0) is 14.4. The van der Waals surface area contributed by atoms with Crippen molar-refractivity contribution in [1.82, 2.24) is 20.5 Å². The average Bonchev–Trinajstić information content (AvgIpc) is 2.98. The van der Waals surface area contributed by atoms with Crippen LogP contribution in [0.15, 0.2) is 0 Å². The van der Waals surface area contributed by atoms with E-state index in [-0.39, 0.29) is 5.91 Å². The predicted octanol–water partition coefficient (Wildman–Crippen LogP) is 1.47. The van der Waals surface area contributed by atoms with Crippen LogP contribution in [0.1, 0.15) is 50.9 Å². The first kappa shape index (κ1) is 14.8. The van der Waals surface area contributed by atoms with E-state index in [4.69, 9.17) is 0 Å². The van der Waals surface area contributed by atoms with Crippen LogP contribution < -0.4 is 10.6 Å². The number of carbonyl (C=O) groups excluding carboxylic acids is 1. The quantitative estimate of drug-likeness (QED) is 0.823. The Hall–Kier alpha value is -1.56. The van der Waals surface area contributed by atoms with Gasteiger partial charge in [-0.1, -0.05) is 26.7 Å². The Balaban J connectivity index is 1.86. The van der Waals surface area contributed by atoms with E-state index in [9.17, 15) is 4.79 Å². The Morgan fingerprint density at radius 2 is 1.85 bits per heavy atom. The molecule has 0 aliphatic heterocycles. The maximum absolute atomic E-state index is 11.8. The molecule has 1 aliphatic rings. The van der Waals surface area contributed by atoms with Gasteiger partial charge >= 0.3 is 0 Å². The van der Waals surface area contributed by atoms with Crippen molar-refractivity contribution in [3.63, 3.8) is 0 Å². The van der Waals surface area contributed by atoms with Gasteiger partial charge in [-0.2, -0.15) is 0 Å². The summed E-state index contributed by atoms with van der Waals surface area (Å²) in [5.41, 5.74) is 1.80. The molecule has 0 radical (unpaired) electrons. The van der Waals surface area contributed by atoms with Crippen molar-refractivity contribution >= 4 is 11.9 Å². The van der Waals surface area contributed by atoms with E-state index in [2.05, 4.69) is 25.8 Å². The molecule has 20 heavy (non-hydrogen) atoms. The molecule has 2 rings (SSSR count). The molecule has 1 saturated carbocycles. The van der Waals surface area contributed by atoms with Crippen LogP contribution in [0, 0.1) is 0 Å². The molecule has 0 spiro atoms. The number of aromatic nitrogens is 3. The van der Waals surface area contributed by atoms with Gasteiger partial charge in [0.15, 0.2) is 0 Å². The Labute approximate surface area is 119 Å². The van der Waals surface area contributed by atoms with Gasteiger partial charge in [0, 0.05) is 6.04 Å². The van der Waals surface area contributed by atoms with Gasteiger partial charge in [-0.3, -0.25) is 10.1 Å². The molecule has 0 atom stereocenters. The van der Waals surface area contributed by atoms with E-state index in [0.29, 0.717) is 18.5 Å². The topological polar surface area (TPSA) is 79.8 Å². The molecule has 1 heterocycles. The lowest BCUT2D eigenvalue weighted by atomic mass is 10.2. The Morgan fingerprint density at radius 3 is 2.50 bits per heavy atom. The highest BCUT2D eigenvalue weighted by Crippen LogP contribution is 2.17. The van der Waals surface area contributed by atoms with Crippen LogP contribution in [0.4, 0.5) is 5.95 Å². The molecule has 1 amide bonds. The third-order valence-corrected chi connectivity index (χ3v) is 3.67. The van der Waals surface area contributed by atoms with Gasteiger partial charge in [0.2, 0.25) is 11.9 Å². The number of carbonyl (C=O) groups is 1. The molecule has 0 aromatic carbocycles. The molecule has 6 nitrogen and oxygen atoms in total. The molecule has 0 unspecified atom stereocenters. The zero-order valence-corrected chi connectivity index (χ0v) is 12.3. The summed E-state index contributed by atoms with van der Waals surface area (Å²) in [5.74, 6) is 0.197. The third-order valence-electron chi connectivity index (χ3n) is 3.67. The van der Waals surface area contributed by atoms with Crippen LogP contribution in [0.3, 0.4) is 0 Å². The monoisotopic (exact) mass is 277 g/mol. The van der Waals surface area contributed by atoms with Gasteiger partial charge < -0.3 is 5.32 Å². The molecule has 110 valence electrons. The van der Waals surface area contributed by atoms with Crippen LogP contribution in [0.25, 0.3) is 0 Å². The highest BCUT2D eigenvalue weighted by molar-refractivity contribution is 5.90. The fourth-order valence-corrected chi connectivity index (χ4v) is 2.53. The minimum atomic E-state index is -0.106. The minimum Gasteiger partial charge on any atom is -0.306 e. The minimum absolute atomic E-state index is 0.106. The van der Waals surface area contributed by atoms with Crippen molar-refractivity contribution in [3.05, 3.63) is 11.4 Å². The van der Waals surface area contributed by atoms with Gasteiger partial charge in [0.1, 0.15) is 0 Å². The summed E-state index contributed by atoms with van der Waals surface area (Å²) in [6, 6.07) is 0.480. The van der Waals surface area contributed by atoms with Gasteiger partial charge in [-0.05, 0) is 25.7 Å². The summed E-state index contributed by atoms with van der Waals surface area (Å²) in [6.45, 7) is 4.36. The van der Waals surface area contributed by atoms with E-state index >= 15 is 0 Å². The van der Waals surface area contributed by atoms with Crippen LogP contribution in [-0.2, 0) is 17.6 Å². The first-order valence-electron chi connectivity index (χ1n) is 7.48. The van der Waals surface area contributed by atoms with Crippen LogP contribution in [-0.4, -0.2) is 33.7 Å². The predicted molar refractivity (Wildman–Crippen MR) is 77.5 cm³/mol. The highest BCUT2D eigenvalue weighted by atomic mass is 16.2. The van der Waals surface area contributed by atoms with E-state index < -0.39 is 0 Å². The zero-order valence-electron chi connectivity index (χ0n) is 12.3. The molecule has 1 aromatic rings. The maximum Gasteiger partial charge on any atom is 0.249 e. The lowest BCUT2D eigenvalue weighted by Crippen LogP contribution is -2.34. The van der Waals surface area contributed by atoms with Crippen molar-refractivity contribution in [1.29, 1.82) is 0 Å². The first-order valence-corrected chi connectivity index (χ1v) is 7.48. The van der Waals surface area contributed by atoms with Crippen molar-refractivity contribution in [2.24, 2.45) is 0 Å². The fraction of sp³-hybridized carbons (Fsp3) is 0.714. The molecule has 0 bridgehead atoms. The van der Waals surface area contributed by atoms with Gasteiger partial charge in [0.25, 0.3) is 0 Å². The number of nitrogens with zero attached hydrogens (tertiary/aromatic N) is 3. The fourth-order valence-electron chi connectivity index (χ4n) is 2.53. The molecule has 0 saturated heterocycles. The third kappa shape index (κ3) is 3.96. The number of aryl methyl sites for hydroxylation is 2. The number of anilines is 1. The largest absolute Gasteiger partial charge is 0.306 e. The Bertz CT molecular complexity index is 457. The summed E-state index contributed by atoms with van der Waals surface area (Å²) in [6.07, 6.45) is 6.44. The normalized spacial score (nSPS) is 15.5. The summed E-state index contributed by atoms with van der Waals surface area (Å²) in [4.78, 5) is 16.2. The second-order valence-electron chi connectivity index (χ2n) is 5.15. The molecule has 1 aliphatic carbocycles. The second kappa shape index (κ2) is 7.28. The smallest absolute Gasteiger partial charge is 0.249 e. The molecule has 2 N–H and O–H groups in total. The van der Waals surface area contributed by atoms with Crippen molar-refractivity contribution < 1.29 is 4.79 Å². The van der Waals surface area contributed by atoms with Crippen LogP contribution in [0.2, 0.25) is 0 Å². The first-order chi connectivity index (χ1) is 9.72. The van der Waals surface area contributed by atoms with Crippen molar-refractivity contribution in [3.8, 4) is 0 Å². The highest BCUT2D eigenvalue weighted by Gasteiger charge is 2.16. The average molecular weight is 277 g/mol. The standard InChI is InChI=1S/C14H23N5O/c1-3-11-12(4-2)18-19-14(16-11)17-13(20)9-15-10-7-5-6-8-10/h10,15H,3-9H2,1-2H3,(H,16,17,19,20). The van der Waals surface area contributed by atoms with Gasteiger partial charge in [0.05, 0.1) is 17.9 Å². The summed E-state index contributed by atoms with van der Waals surface area (Å²) >= 11 is 0. The molecular formula is C14H23N5O. The SMILES string of the molecule is CCc1nnc(NC(=O)CNC2CCCC2)nc1CC. The van der Waals surface area contributed by atoms with Crippen LogP contribution in [0.5, 0.6) is 0 Å².